The topological polar surface area (TPSA) is 66.9 Å². The van der Waals surface area contributed by atoms with Crippen molar-refractivity contribution in [2.75, 3.05) is 39.4 Å². The number of rotatable bonds is 3. The summed E-state index contributed by atoms with van der Waals surface area (Å²) in [5, 5.41) is 1.69. The van der Waals surface area contributed by atoms with E-state index in [0.29, 0.717) is 44.3 Å². The lowest BCUT2D eigenvalue weighted by Gasteiger charge is -2.28. The number of piperidine rings is 1. The van der Waals surface area contributed by atoms with E-state index in [1.807, 2.05) is 0 Å². The highest BCUT2D eigenvalue weighted by Gasteiger charge is 2.32. The molecule has 8 heteroatoms. The summed E-state index contributed by atoms with van der Waals surface area (Å²) < 4.78 is 32.3. The molecule has 0 saturated carbocycles. The van der Waals surface area contributed by atoms with E-state index >= 15 is 0 Å². The highest BCUT2D eigenvalue weighted by molar-refractivity contribution is 7.89. The van der Waals surface area contributed by atoms with Crippen LogP contribution in [0, 0.1) is 0 Å². The van der Waals surface area contributed by atoms with Gasteiger partial charge in [0.05, 0.1) is 13.2 Å². The van der Waals surface area contributed by atoms with Crippen molar-refractivity contribution in [3.8, 4) is 0 Å². The number of carbonyl (C=O) groups is 1. The molecule has 1 aromatic heterocycles. The molecule has 1 amide bonds. The van der Waals surface area contributed by atoms with E-state index in [4.69, 9.17) is 4.74 Å². The molecule has 3 rings (SSSR count). The Morgan fingerprint density at radius 3 is 2.45 bits per heavy atom. The van der Waals surface area contributed by atoms with Gasteiger partial charge >= 0.3 is 0 Å². The molecule has 0 aromatic carbocycles. The first-order valence-corrected chi connectivity index (χ1v) is 9.87. The van der Waals surface area contributed by atoms with Crippen molar-refractivity contribution >= 4 is 27.3 Å². The number of sulfonamides is 1. The molecule has 1 aromatic rings. The van der Waals surface area contributed by atoms with E-state index < -0.39 is 10.0 Å². The van der Waals surface area contributed by atoms with Crippen molar-refractivity contribution in [3.05, 3.63) is 16.3 Å². The van der Waals surface area contributed by atoms with Crippen molar-refractivity contribution in [2.24, 2.45) is 0 Å². The zero-order valence-corrected chi connectivity index (χ0v) is 14.0. The summed E-state index contributed by atoms with van der Waals surface area (Å²) in [5.74, 6) is -0.200. The molecule has 0 atom stereocenters. The number of ether oxygens (including phenoxy) is 1. The summed E-state index contributed by atoms with van der Waals surface area (Å²) in [7, 11) is -3.57. The molecule has 6 nitrogen and oxygen atoms in total. The van der Waals surface area contributed by atoms with Crippen LogP contribution in [0.25, 0.3) is 0 Å². The average Bonchev–Trinajstić information content (AvgIpc) is 3.06. The number of carbonyl (C=O) groups excluding carboxylic acids is 1. The summed E-state index contributed by atoms with van der Waals surface area (Å²) >= 11 is 1.20. The largest absolute Gasteiger partial charge is 0.378 e. The highest BCUT2D eigenvalue weighted by Crippen LogP contribution is 2.28. The van der Waals surface area contributed by atoms with Crippen LogP contribution in [0.2, 0.25) is 0 Å². The average molecular weight is 344 g/mol. The number of nitrogens with zero attached hydrogens (tertiary/aromatic N) is 2. The van der Waals surface area contributed by atoms with E-state index in [1.54, 1.807) is 16.3 Å². The summed E-state index contributed by atoms with van der Waals surface area (Å²) in [6, 6.07) is 1.56. The van der Waals surface area contributed by atoms with Crippen LogP contribution in [-0.4, -0.2) is 62.9 Å². The molecule has 0 aliphatic carbocycles. The van der Waals surface area contributed by atoms with Gasteiger partial charge in [0.2, 0.25) is 10.0 Å². The second kappa shape index (κ2) is 6.66. The Morgan fingerprint density at radius 1 is 1.09 bits per heavy atom. The van der Waals surface area contributed by atoms with E-state index in [0.717, 1.165) is 19.3 Å². The number of hydrogen-bond acceptors (Lipinski definition) is 5. The zero-order chi connectivity index (χ0) is 15.6. The lowest BCUT2D eigenvalue weighted by molar-refractivity contribution is 0.0304. The fourth-order valence-corrected chi connectivity index (χ4v) is 5.69. The van der Waals surface area contributed by atoms with Crippen LogP contribution in [0.3, 0.4) is 0 Å². The van der Waals surface area contributed by atoms with Crippen LogP contribution in [0.5, 0.6) is 0 Å². The van der Waals surface area contributed by atoms with E-state index in [9.17, 15) is 13.2 Å². The standard InChI is InChI=1S/C14H20N2O4S2/c17-14(15-7-9-20-10-8-15)13-12(4-11-21-13)22(18,19)16-5-2-1-3-6-16/h4,11H,1-3,5-10H2. The molecule has 2 aliphatic rings. The Hall–Kier alpha value is -0.960. The first kappa shape index (κ1) is 15.9. The molecule has 22 heavy (non-hydrogen) atoms. The molecular weight excluding hydrogens is 324 g/mol. The fourth-order valence-electron chi connectivity index (χ4n) is 2.81. The molecule has 0 spiro atoms. The van der Waals surface area contributed by atoms with Gasteiger partial charge in [-0.3, -0.25) is 4.79 Å². The zero-order valence-electron chi connectivity index (χ0n) is 12.4. The van der Waals surface area contributed by atoms with E-state index in [2.05, 4.69) is 0 Å². The van der Waals surface area contributed by atoms with Crippen LogP contribution in [0.1, 0.15) is 28.9 Å². The molecule has 3 heterocycles. The first-order valence-electron chi connectivity index (χ1n) is 7.55. The SMILES string of the molecule is O=C(c1sccc1S(=O)(=O)N1CCCCC1)N1CCOCC1. The predicted octanol–water partition coefficient (Wildman–Crippen LogP) is 1.40. The lowest BCUT2D eigenvalue weighted by atomic mass is 10.2. The van der Waals surface area contributed by atoms with Crippen LogP contribution < -0.4 is 0 Å². The molecule has 0 unspecified atom stereocenters. The van der Waals surface area contributed by atoms with Gasteiger partial charge in [-0.05, 0) is 24.3 Å². The molecule has 0 N–H and O–H groups in total. The number of amides is 1. The van der Waals surface area contributed by atoms with Crippen molar-refractivity contribution in [2.45, 2.75) is 24.2 Å². The van der Waals surface area contributed by atoms with Crippen molar-refractivity contribution in [3.63, 3.8) is 0 Å². The third kappa shape index (κ3) is 3.05. The lowest BCUT2D eigenvalue weighted by Crippen LogP contribution is -2.41. The molecule has 0 bridgehead atoms. The summed E-state index contributed by atoms with van der Waals surface area (Å²) in [6.07, 6.45) is 2.83. The maximum Gasteiger partial charge on any atom is 0.265 e. The van der Waals surface area contributed by atoms with Gasteiger partial charge in [0, 0.05) is 26.2 Å². The second-order valence-corrected chi connectivity index (χ2v) is 8.31. The van der Waals surface area contributed by atoms with Gasteiger partial charge in [0.15, 0.2) is 0 Å². The van der Waals surface area contributed by atoms with Gasteiger partial charge < -0.3 is 9.64 Å². The molecule has 2 saturated heterocycles. The maximum atomic E-state index is 12.8. The fraction of sp³-hybridized carbons (Fsp3) is 0.643. The van der Waals surface area contributed by atoms with Gasteiger partial charge in [-0.15, -0.1) is 11.3 Å². The van der Waals surface area contributed by atoms with Crippen molar-refractivity contribution < 1.29 is 17.9 Å². The Balaban J connectivity index is 1.86. The van der Waals surface area contributed by atoms with E-state index in [-0.39, 0.29) is 10.8 Å². The Morgan fingerprint density at radius 2 is 1.77 bits per heavy atom. The third-order valence-electron chi connectivity index (χ3n) is 4.05. The second-order valence-electron chi connectivity index (χ2n) is 5.48. The summed E-state index contributed by atoms with van der Waals surface area (Å²) in [6.45, 7) is 3.13. The number of morpholine rings is 1. The number of thiophene rings is 1. The van der Waals surface area contributed by atoms with Crippen molar-refractivity contribution in [1.29, 1.82) is 0 Å². The van der Waals surface area contributed by atoms with E-state index in [1.165, 1.54) is 15.6 Å². The molecular formula is C14H20N2O4S2. The van der Waals surface area contributed by atoms with Gasteiger partial charge in [0.1, 0.15) is 9.77 Å². The van der Waals surface area contributed by atoms with Crippen LogP contribution in [0.4, 0.5) is 0 Å². The highest BCUT2D eigenvalue weighted by atomic mass is 32.2. The van der Waals surface area contributed by atoms with Gasteiger partial charge in [-0.2, -0.15) is 4.31 Å². The van der Waals surface area contributed by atoms with Crippen molar-refractivity contribution in [1.82, 2.24) is 9.21 Å². The molecule has 122 valence electrons. The van der Waals surface area contributed by atoms with Gasteiger partial charge in [-0.1, -0.05) is 6.42 Å². The van der Waals surface area contributed by atoms with Crippen LogP contribution in [-0.2, 0) is 14.8 Å². The third-order valence-corrected chi connectivity index (χ3v) is 7.03. The van der Waals surface area contributed by atoms with Crippen LogP contribution in [0.15, 0.2) is 16.3 Å². The molecule has 0 radical (unpaired) electrons. The van der Waals surface area contributed by atoms with Gasteiger partial charge in [-0.25, -0.2) is 8.42 Å². The molecule has 2 fully saturated rings. The molecule has 2 aliphatic heterocycles. The Bertz CT molecular complexity index is 629. The Kier molecular flexibility index (Phi) is 4.82. The quantitative estimate of drug-likeness (QED) is 0.831. The number of hydrogen-bond donors (Lipinski definition) is 0. The summed E-state index contributed by atoms with van der Waals surface area (Å²) in [5.41, 5.74) is 0. The minimum Gasteiger partial charge on any atom is -0.378 e. The first-order chi connectivity index (χ1) is 10.6. The maximum absolute atomic E-state index is 12.8. The minimum absolute atomic E-state index is 0.163. The minimum atomic E-state index is -3.57. The summed E-state index contributed by atoms with van der Waals surface area (Å²) in [4.78, 5) is 14.8. The van der Waals surface area contributed by atoms with Gasteiger partial charge in [0.25, 0.3) is 5.91 Å². The van der Waals surface area contributed by atoms with Crippen LogP contribution >= 0.6 is 11.3 Å². The smallest absolute Gasteiger partial charge is 0.265 e. The Labute approximate surface area is 134 Å². The predicted molar refractivity (Wildman–Crippen MR) is 83.7 cm³/mol. The monoisotopic (exact) mass is 344 g/mol. The normalized spacial score (nSPS) is 21.0.